The Morgan fingerprint density at radius 1 is 1.02 bits per heavy atom. The number of aromatic nitrogens is 3. The topological polar surface area (TPSA) is 188 Å². The van der Waals surface area contributed by atoms with Crippen molar-refractivity contribution in [2.75, 3.05) is 18.1 Å². The first-order valence-electron chi connectivity index (χ1n) is 16.8. The highest BCUT2D eigenvalue weighted by molar-refractivity contribution is 6.25. The number of nitrogens with one attached hydrogen (secondary N) is 1. The zero-order chi connectivity index (χ0) is 38.2. The van der Waals surface area contributed by atoms with Gasteiger partial charge in [0, 0.05) is 25.7 Å². The maximum atomic E-state index is 13.5. The predicted molar refractivity (Wildman–Crippen MR) is 176 cm³/mol. The Labute approximate surface area is 300 Å². The molecule has 4 heterocycles. The van der Waals surface area contributed by atoms with Crippen molar-refractivity contribution in [3.05, 3.63) is 70.5 Å². The lowest BCUT2D eigenvalue weighted by Crippen LogP contribution is -2.54. The second kappa shape index (κ2) is 14.1. The molecule has 1 atom stereocenters. The number of benzene rings is 2. The Morgan fingerprint density at radius 2 is 1.77 bits per heavy atom. The summed E-state index contributed by atoms with van der Waals surface area (Å²) in [6.45, 7) is 3.81. The van der Waals surface area contributed by atoms with E-state index in [9.17, 15) is 41.9 Å². The van der Waals surface area contributed by atoms with Gasteiger partial charge in [0.05, 0.1) is 46.3 Å². The number of carbonyl (C=O) groups excluding carboxylic acids is 6. The molecule has 276 valence electrons. The quantitative estimate of drug-likeness (QED) is 0.164. The molecule has 2 fully saturated rings. The van der Waals surface area contributed by atoms with Crippen molar-refractivity contribution >= 4 is 41.3 Å². The number of halogens is 3. The third-order valence-electron chi connectivity index (χ3n) is 9.38. The minimum Gasteiger partial charge on any atom is -0.493 e. The Balaban J connectivity index is 0.983. The number of hydrogen-bond acceptors (Lipinski definition) is 10. The number of nitriles is 1. The van der Waals surface area contributed by atoms with Crippen molar-refractivity contribution in [2.45, 2.75) is 76.7 Å². The number of nitrogens with zero attached hydrogens (tertiary/aromatic N) is 7. The first-order chi connectivity index (χ1) is 25.1. The number of fused-ring (bicyclic) bond motifs is 1. The third-order valence-corrected chi connectivity index (χ3v) is 9.38. The van der Waals surface area contributed by atoms with Crippen LogP contribution in [0.1, 0.15) is 83.5 Å². The number of alkyl halides is 3. The van der Waals surface area contributed by atoms with E-state index in [0.29, 0.717) is 48.9 Å². The molecule has 1 aromatic heterocycles. The number of piperidine rings is 1. The van der Waals surface area contributed by atoms with E-state index in [2.05, 4.69) is 15.6 Å². The second-order valence-electron chi connectivity index (χ2n) is 13.2. The number of ether oxygens (including phenoxy) is 1. The minimum atomic E-state index is -4.85. The molecule has 0 radical (unpaired) electrons. The lowest BCUT2D eigenvalue weighted by Gasteiger charge is -2.27. The van der Waals surface area contributed by atoms with E-state index in [1.807, 2.05) is 0 Å². The van der Waals surface area contributed by atoms with Crippen LogP contribution in [0.15, 0.2) is 42.6 Å². The number of hydrogen-bond donors (Lipinski definition) is 1. The Hall–Kier alpha value is -6.12. The molecule has 1 unspecified atom stereocenters. The van der Waals surface area contributed by atoms with E-state index < -0.39 is 64.5 Å². The van der Waals surface area contributed by atoms with E-state index in [-0.39, 0.29) is 48.6 Å². The summed E-state index contributed by atoms with van der Waals surface area (Å²) in [6, 6.07) is 6.99. The summed E-state index contributed by atoms with van der Waals surface area (Å²) < 4.78 is 48.1. The van der Waals surface area contributed by atoms with E-state index in [0.717, 1.165) is 17.0 Å². The normalized spacial score (nSPS) is 18.5. The van der Waals surface area contributed by atoms with Gasteiger partial charge in [-0.2, -0.15) is 18.4 Å². The van der Waals surface area contributed by atoms with Crippen molar-refractivity contribution in [1.29, 1.82) is 5.26 Å². The summed E-state index contributed by atoms with van der Waals surface area (Å²) in [5, 5.41) is 19.6. The van der Waals surface area contributed by atoms with Crippen molar-refractivity contribution in [2.24, 2.45) is 0 Å². The summed E-state index contributed by atoms with van der Waals surface area (Å²) in [6.07, 6.45) is -1.10. The average Bonchev–Trinajstić information content (AvgIpc) is 3.72. The van der Waals surface area contributed by atoms with Crippen LogP contribution in [0.5, 0.6) is 5.75 Å². The number of imide groups is 3. The van der Waals surface area contributed by atoms with Gasteiger partial charge in [-0.05, 0) is 76.3 Å². The minimum absolute atomic E-state index is 0.0126. The van der Waals surface area contributed by atoms with Crippen molar-refractivity contribution < 1.29 is 46.7 Å². The average molecular weight is 735 g/mol. The van der Waals surface area contributed by atoms with Crippen LogP contribution >= 0.6 is 0 Å². The van der Waals surface area contributed by atoms with Crippen molar-refractivity contribution in [3.8, 4) is 11.8 Å². The maximum Gasteiger partial charge on any atom is 0.417 e. The Kier molecular flexibility index (Phi) is 9.77. The van der Waals surface area contributed by atoms with E-state index in [1.165, 1.54) is 30.9 Å². The highest BCUT2D eigenvalue weighted by Gasteiger charge is 2.52. The van der Waals surface area contributed by atoms with Crippen LogP contribution in [0, 0.1) is 11.3 Å². The molecule has 3 aliphatic heterocycles. The Bertz CT molecular complexity index is 2070. The molecule has 6 rings (SSSR count). The first kappa shape index (κ1) is 36.7. The van der Waals surface area contributed by atoms with Crippen molar-refractivity contribution in [1.82, 2.24) is 30.1 Å². The maximum absolute atomic E-state index is 13.5. The van der Waals surface area contributed by atoms with E-state index in [1.54, 1.807) is 23.0 Å². The van der Waals surface area contributed by atoms with Crippen LogP contribution in [-0.2, 0) is 33.5 Å². The predicted octanol–water partition coefficient (Wildman–Crippen LogP) is 3.61. The standard InChI is InChI=1S/C35H33F3N8O7/c1-34(2)32(51)45(22-11-10-20(18-39)24(17-22)35(36,37)38)33(52)44(34)15-4-3-14-43-19-21(41-42-43)7-6-16-53-26-9-5-8-23-28(26)31(50)46(30(23)49)25-12-13-27(47)40-29(25)48/h5,8-11,17,19,25H,3-4,6-7,12-16H2,1-2H3,(H,40,47,48). The molecule has 3 aromatic rings. The largest absolute Gasteiger partial charge is 0.493 e. The molecule has 2 aromatic carbocycles. The molecule has 15 nitrogen and oxygen atoms in total. The number of rotatable bonds is 12. The Morgan fingerprint density at radius 3 is 2.49 bits per heavy atom. The van der Waals surface area contributed by atoms with Crippen LogP contribution < -0.4 is 15.0 Å². The molecular formula is C35H33F3N8O7. The molecule has 7 amide bonds. The summed E-state index contributed by atoms with van der Waals surface area (Å²) in [5.74, 6) is -2.93. The van der Waals surface area contributed by atoms with Gasteiger partial charge in [-0.15, -0.1) is 5.10 Å². The number of unbranched alkanes of at least 4 members (excludes halogenated alkanes) is 1. The van der Waals surface area contributed by atoms with Gasteiger partial charge in [-0.1, -0.05) is 11.3 Å². The monoisotopic (exact) mass is 734 g/mol. The summed E-state index contributed by atoms with van der Waals surface area (Å²) in [5.41, 5.74) is -2.59. The molecule has 0 spiro atoms. The van der Waals surface area contributed by atoms with Gasteiger partial charge in [-0.3, -0.25) is 38.9 Å². The highest BCUT2D eigenvalue weighted by atomic mass is 19.4. The van der Waals surface area contributed by atoms with Gasteiger partial charge in [0.1, 0.15) is 17.3 Å². The number of aryl methyl sites for hydroxylation is 2. The molecule has 53 heavy (non-hydrogen) atoms. The fourth-order valence-electron chi connectivity index (χ4n) is 6.59. The van der Waals surface area contributed by atoms with Crippen LogP contribution in [0.4, 0.5) is 23.7 Å². The van der Waals surface area contributed by atoms with Crippen molar-refractivity contribution in [3.63, 3.8) is 0 Å². The van der Waals surface area contributed by atoms with Crippen LogP contribution in [-0.4, -0.2) is 85.1 Å². The number of anilines is 1. The molecule has 1 N–H and O–H groups in total. The fourth-order valence-corrected chi connectivity index (χ4v) is 6.59. The third kappa shape index (κ3) is 6.93. The molecule has 0 bridgehead atoms. The van der Waals surface area contributed by atoms with Gasteiger partial charge >= 0.3 is 12.2 Å². The molecule has 18 heteroatoms. The summed E-state index contributed by atoms with van der Waals surface area (Å²) in [4.78, 5) is 79.6. The summed E-state index contributed by atoms with van der Waals surface area (Å²) in [7, 11) is 0. The van der Waals surface area contributed by atoms with Gasteiger partial charge in [0.2, 0.25) is 11.8 Å². The lowest BCUT2D eigenvalue weighted by molar-refractivity contribution is -0.138. The summed E-state index contributed by atoms with van der Waals surface area (Å²) >= 11 is 0. The second-order valence-corrected chi connectivity index (χ2v) is 13.2. The van der Waals surface area contributed by atoms with E-state index in [4.69, 9.17) is 10.00 Å². The van der Waals surface area contributed by atoms with Gasteiger partial charge < -0.3 is 9.64 Å². The number of amides is 7. The fraction of sp³-hybridized carbons (Fsp3) is 0.400. The SMILES string of the molecule is CC1(C)C(=O)N(c2ccc(C#N)c(C(F)(F)F)c2)C(=O)N1CCCCn1cc(CCCOc2cccc3c2C(=O)N(C2CCC(=O)NC2=O)C3=O)nn1. The van der Waals surface area contributed by atoms with Crippen LogP contribution in [0.2, 0.25) is 0 Å². The molecule has 3 aliphatic rings. The van der Waals surface area contributed by atoms with E-state index >= 15 is 0 Å². The van der Waals surface area contributed by atoms with Gasteiger partial charge in [0.25, 0.3) is 17.7 Å². The first-order valence-corrected chi connectivity index (χ1v) is 16.8. The van der Waals surface area contributed by atoms with Gasteiger partial charge in [-0.25, -0.2) is 9.69 Å². The molecule has 2 saturated heterocycles. The smallest absolute Gasteiger partial charge is 0.417 e. The zero-order valence-electron chi connectivity index (χ0n) is 28.6. The molecule has 0 aliphatic carbocycles. The number of carbonyl (C=O) groups is 6. The molecule has 0 saturated carbocycles. The number of urea groups is 1. The van der Waals surface area contributed by atoms with Crippen LogP contribution in [0.25, 0.3) is 0 Å². The highest BCUT2D eigenvalue weighted by Crippen LogP contribution is 2.38. The zero-order valence-corrected chi connectivity index (χ0v) is 28.6. The van der Waals surface area contributed by atoms with Crippen LogP contribution in [0.3, 0.4) is 0 Å². The molecular weight excluding hydrogens is 701 g/mol. The lowest BCUT2D eigenvalue weighted by atomic mass is 10.0. The van der Waals surface area contributed by atoms with Gasteiger partial charge in [0.15, 0.2) is 0 Å².